The number of nitrogens with two attached hydrogens (primary N) is 1. The lowest BCUT2D eigenvalue weighted by atomic mass is 10.1. The first kappa shape index (κ1) is 9.24. The van der Waals surface area contributed by atoms with Crippen molar-refractivity contribution < 1.29 is 5.11 Å². The van der Waals surface area contributed by atoms with Crippen molar-refractivity contribution >= 4 is 10.9 Å². The molecule has 0 aliphatic rings. The highest BCUT2D eigenvalue weighted by molar-refractivity contribution is 5.80. The maximum absolute atomic E-state index is 9.35. The molecule has 74 valence electrons. The Balaban J connectivity index is 2.45. The molecular formula is C11H14N2O. The van der Waals surface area contributed by atoms with E-state index < -0.39 is 6.10 Å². The van der Waals surface area contributed by atoms with E-state index in [-0.39, 0.29) is 6.04 Å². The van der Waals surface area contributed by atoms with Crippen molar-refractivity contribution in [1.82, 2.24) is 4.98 Å². The Morgan fingerprint density at radius 3 is 2.71 bits per heavy atom. The van der Waals surface area contributed by atoms with Crippen LogP contribution in [0.5, 0.6) is 0 Å². The maximum atomic E-state index is 9.35. The molecule has 3 heteroatoms. The number of nitrogens with one attached hydrogen (secondary N) is 1. The van der Waals surface area contributed by atoms with Gasteiger partial charge in [0.2, 0.25) is 0 Å². The molecule has 14 heavy (non-hydrogen) atoms. The fraction of sp³-hybridized carbons (Fsp3) is 0.273. The summed E-state index contributed by atoms with van der Waals surface area (Å²) >= 11 is 0. The first-order valence-electron chi connectivity index (χ1n) is 4.70. The Bertz CT molecular complexity index is 401. The summed E-state index contributed by atoms with van der Waals surface area (Å²) in [5.74, 6) is 0. The molecule has 0 saturated heterocycles. The van der Waals surface area contributed by atoms with Crippen LogP contribution >= 0.6 is 0 Å². The first-order chi connectivity index (χ1) is 6.68. The molecule has 1 heterocycles. The summed E-state index contributed by atoms with van der Waals surface area (Å²) in [4.78, 5) is 3.19. The third-order valence-electron chi connectivity index (χ3n) is 2.43. The Morgan fingerprint density at radius 2 is 2.07 bits per heavy atom. The summed E-state index contributed by atoms with van der Waals surface area (Å²) in [5, 5.41) is 10.5. The van der Waals surface area contributed by atoms with Crippen molar-refractivity contribution in [3.05, 3.63) is 36.0 Å². The SMILES string of the molecule is C[C@@H](O)[C@H](N)c1cc2ccccc2[nH]1. The molecule has 0 unspecified atom stereocenters. The van der Waals surface area contributed by atoms with E-state index in [4.69, 9.17) is 5.73 Å². The van der Waals surface area contributed by atoms with Crippen LogP contribution in [0.2, 0.25) is 0 Å². The molecule has 0 spiro atoms. The molecule has 1 aromatic heterocycles. The van der Waals surface area contributed by atoms with E-state index in [1.807, 2.05) is 30.3 Å². The van der Waals surface area contributed by atoms with Gasteiger partial charge in [-0.05, 0) is 24.4 Å². The second kappa shape index (κ2) is 3.44. The average Bonchev–Trinajstić information content (AvgIpc) is 2.59. The average molecular weight is 190 g/mol. The van der Waals surface area contributed by atoms with Gasteiger partial charge in [0.05, 0.1) is 12.1 Å². The van der Waals surface area contributed by atoms with E-state index in [0.717, 1.165) is 16.6 Å². The quantitative estimate of drug-likeness (QED) is 0.672. The standard InChI is InChI=1S/C11H14N2O/c1-7(14)11(12)10-6-8-4-2-3-5-9(8)13-10/h2-7,11,13-14H,12H2,1H3/t7-,11+/m1/s1. The molecule has 2 rings (SSSR count). The highest BCUT2D eigenvalue weighted by atomic mass is 16.3. The van der Waals surface area contributed by atoms with Crippen molar-refractivity contribution in [2.24, 2.45) is 5.73 Å². The Morgan fingerprint density at radius 1 is 1.36 bits per heavy atom. The number of aromatic nitrogens is 1. The largest absolute Gasteiger partial charge is 0.391 e. The number of H-pyrrole nitrogens is 1. The van der Waals surface area contributed by atoms with Gasteiger partial charge < -0.3 is 15.8 Å². The summed E-state index contributed by atoms with van der Waals surface area (Å²) < 4.78 is 0. The second-order valence-corrected chi connectivity index (χ2v) is 3.58. The Kier molecular flexibility index (Phi) is 2.27. The number of hydrogen-bond donors (Lipinski definition) is 3. The number of benzene rings is 1. The Labute approximate surface area is 82.6 Å². The van der Waals surface area contributed by atoms with Crippen molar-refractivity contribution in [1.29, 1.82) is 0 Å². The van der Waals surface area contributed by atoms with Crippen LogP contribution in [0.15, 0.2) is 30.3 Å². The van der Waals surface area contributed by atoms with Gasteiger partial charge in [0.1, 0.15) is 0 Å². The zero-order chi connectivity index (χ0) is 10.1. The zero-order valence-electron chi connectivity index (χ0n) is 8.07. The minimum absolute atomic E-state index is 0.345. The summed E-state index contributed by atoms with van der Waals surface area (Å²) in [6.45, 7) is 1.69. The van der Waals surface area contributed by atoms with Crippen molar-refractivity contribution in [2.75, 3.05) is 0 Å². The lowest BCUT2D eigenvalue weighted by Gasteiger charge is -2.12. The molecule has 0 amide bonds. The van der Waals surface area contributed by atoms with Gasteiger partial charge in [0, 0.05) is 11.2 Å². The van der Waals surface area contributed by atoms with Gasteiger partial charge in [-0.15, -0.1) is 0 Å². The predicted molar refractivity (Wildman–Crippen MR) is 56.9 cm³/mol. The number of hydrogen-bond acceptors (Lipinski definition) is 2. The van der Waals surface area contributed by atoms with E-state index >= 15 is 0 Å². The van der Waals surface area contributed by atoms with E-state index in [9.17, 15) is 5.11 Å². The lowest BCUT2D eigenvalue weighted by molar-refractivity contribution is 0.163. The topological polar surface area (TPSA) is 62.0 Å². The lowest BCUT2D eigenvalue weighted by Crippen LogP contribution is -2.23. The van der Waals surface area contributed by atoms with E-state index in [2.05, 4.69) is 4.98 Å². The molecule has 0 aliphatic carbocycles. The number of aromatic amines is 1. The Hall–Kier alpha value is -1.32. The van der Waals surface area contributed by atoms with Crippen LogP contribution in [0.3, 0.4) is 0 Å². The molecule has 0 radical (unpaired) electrons. The van der Waals surface area contributed by atoms with E-state index in [1.54, 1.807) is 6.92 Å². The summed E-state index contributed by atoms with van der Waals surface area (Å²) in [5.41, 5.74) is 7.75. The molecule has 3 nitrogen and oxygen atoms in total. The summed E-state index contributed by atoms with van der Waals surface area (Å²) in [6.07, 6.45) is -0.539. The highest BCUT2D eigenvalue weighted by Crippen LogP contribution is 2.20. The zero-order valence-corrected chi connectivity index (χ0v) is 8.07. The molecule has 2 aromatic rings. The van der Waals surface area contributed by atoms with Crippen LogP contribution in [0, 0.1) is 0 Å². The highest BCUT2D eigenvalue weighted by Gasteiger charge is 2.13. The molecule has 0 aliphatic heterocycles. The van der Waals surface area contributed by atoms with Gasteiger partial charge in [0.15, 0.2) is 0 Å². The van der Waals surface area contributed by atoms with Crippen molar-refractivity contribution in [3.63, 3.8) is 0 Å². The maximum Gasteiger partial charge on any atom is 0.0719 e. The van der Waals surface area contributed by atoms with Gasteiger partial charge in [-0.25, -0.2) is 0 Å². The number of aliphatic hydroxyl groups is 1. The van der Waals surface area contributed by atoms with Crippen LogP contribution in [0.25, 0.3) is 10.9 Å². The second-order valence-electron chi connectivity index (χ2n) is 3.58. The van der Waals surface area contributed by atoms with Crippen molar-refractivity contribution in [2.45, 2.75) is 19.1 Å². The minimum Gasteiger partial charge on any atom is -0.391 e. The van der Waals surface area contributed by atoms with E-state index in [0.29, 0.717) is 0 Å². The van der Waals surface area contributed by atoms with Gasteiger partial charge in [-0.3, -0.25) is 0 Å². The van der Waals surface area contributed by atoms with E-state index in [1.165, 1.54) is 0 Å². The monoisotopic (exact) mass is 190 g/mol. The normalized spacial score (nSPS) is 15.6. The molecule has 1 aromatic carbocycles. The summed E-state index contributed by atoms with van der Waals surface area (Å²) in [7, 11) is 0. The van der Waals surface area contributed by atoms with Crippen LogP contribution in [0.1, 0.15) is 18.7 Å². The van der Waals surface area contributed by atoms with Crippen LogP contribution in [0.4, 0.5) is 0 Å². The smallest absolute Gasteiger partial charge is 0.0719 e. The number of fused-ring (bicyclic) bond motifs is 1. The molecule has 0 fully saturated rings. The first-order valence-corrected chi connectivity index (χ1v) is 4.70. The molecule has 4 N–H and O–H groups in total. The van der Waals surface area contributed by atoms with Crippen LogP contribution < -0.4 is 5.73 Å². The number of para-hydroxylation sites is 1. The van der Waals surface area contributed by atoms with Crippen LogP contribution in [-0.2, 0) is 0 Å². The van der Waals surface area contributed by atoms with Crippen LogP contribution in [-0.4, -0.2) is 16.2 Å². The molecule has 2 atom stereocenters. The minimum atomic E-state index is -0.539. The molecule has 0 bridgehead atoms. The fourth-order valence-electron chi connectivity index (χ4n) is 1.54. The number of rotatable bonds is 2. The third-order valence-corrected chi connectivity index (χ3v) is 2.43. The van der Waals surface area contributed by atoms with Crippen molar-refractivity contribution in [3.8, 4) is 0 Å². The summed E-state index contributed by atoms with van der Waals surface area (Å²) in [6, 6.07) is 9.59. The third kappa shape index (κ3) is 1.52. The van der Waals surface area contributed by atoms with Gasteiger partial charge in [0.25, 0.3) is 0 Å². The molecule has 0 saturated carbocycles. The predicted octanol–water partition coefficient (Wildman–Crippen LogP) is 1.55. The van der Waals surface area contributed by atoms with Gasteiger partial charge >= 0.3 is 0 Å². The molecular weight excluding hydrogens is 176 g/mol. The fourth-order valence-corrected chi connectivity index (χ4v) is 1.54. The number of aliphatic hydroxyl groups excluding tert-OH is 1. The van der Waals surface area contributed by atoms with Gasteiger partial charge in [-0.1, -0.05) is 18.2 Å². The van der Waals surface area contributed by atoms with Gasteiger partial charge in [-0.2, -0.15) is 0 Å².